The summed E-state index contributed by atoms with van der Waals surface area (Å²) in [5.74, 6) is 0.140. The molecule has 0 aliphatic heterocycles. The number of nitrogens with one attached hydrogen (secondary N) is 1. The third-order valence-electron chi connectivity index (χ3n) is 5.65. The van der Waals surface area contributed by atoms with Gasteiger partial charge in [-0.15, -0.1) is 11.3 Å². The minimum Gasteiger partial charge on any atom is -0.379 e. The smallest absolute Gasteiger partial charge is 0.267 e. The quantitative estimate of drug-likeness (QED) is 0.205. The zero-order valence-electron chi connectivity index (χ0n) is 19.3. The lowest BCUT2D eigenvalue weighted by Crippen LogP contribution is -2.28. The number of aryl methyl sites for hydroxylation is 2. The van der Waals surface area contributed by atoms with E-state index in [1.807, 2.05) is 44.2 Å². The van der Waals surface area contributed by atoms with Gasteiger partial charge in [-0.3, -0.25) is 14.2 Å². The van der Waals surface area contributed by atoms with Gasteiger partial charge in [0.2, 0.25) is 5.91 Å². The van der Waals surface area contributed by atoms with Crippen molar-refractivity contribution < 1.29 is 9.53 Å². The Balaban J connectivity index is 1.58. The Morgan fingerprint density at radius 1 is 1.21 bits per heavy atom. The number of carbonyl (C=O) groups excluding carboxylic acids is 1. The summed E-state index contributed by atoms with van der Waals surface area (Å²) < 4.78 is 7.19. The van der Waals surface area contributed by atoms with Crippen LogP contribution < -0.4 is 10.9 Å². The van der Waals surface area contributed by atoms with Crippen molar-refractivity contribution in [1.29, 1.82) is 0 Å². The summed E-state index contributed by atoms with van der Waals surface area (Å²) in [5, 5.41) is 4.26. The Morgan fingerprint density at radius 2 is 2.00 bits per heavy atom. The number of amides is 1. The number of thiophene rings is 1. The first kappa shape index (κ1) is 24.0. The predicted molar refractivity (Wildman–Crippen MR) is 136 cm³/mol. The molecule has 2 heterocycles. The molecule has 4 rings (SSSR count). The van der Waals surface area contributed by atoms with Crippen LogP contribution in [0.4, 0.5) is 0 Å². The fourth-order valence-electron chi connectivity index (χ4n) is 4.06. The molecule has 0 atom stereocenters. The average molecular weight is 486 g/mol. The first-order chi connectivity index (χ1) is 16.0. The van der Waals surface area contributed by atoms with E-state index < -0.39 is 0 Å². The lowest BCUT2D eigenvalue weighted by molar-refractivity contribution is -0.118. The maximum Gasteiger partial charge on any atom is 0.267 e. The molecule has 0 saturated heterocycles. The molecule has 6 nitrogen and oxygen atoms in total. The van der Waals surface area contributed by atoms with E-state index >= 15 is 0 Å². The lowest BCUT2D eigenvalue weighted by atomic mass is 10.1. The Morgan fingerprint density at radius 3 is 2.79 bits per heavy atom. The van der Waals surface area contributed by atoms with Crippen LogP contribution >= 0.6 is 23.1 Å². The number of aromatic nitrogens is 2. The number of hydrogen-bond donors (Lipinski definition) is 1. The van der Waals surface area contributed by atoms with Crippen molar-refractivity contribution in [2.45, 2.75) is 63.6 Å². The molecule has 3 aromatic rings. The van der Waals surface area contributed by atoms with Crippen molar-refractivity contribution in [3.05, 3.63) is 51.1 Å². The van der Waals surface area contributed by atoms with Gasteiger partial charge in [-0.25, -0.2) is 4.98 Å². The summed E-state index contributed by atoms with van der Waals surface area (Å²) in [5.41, 5.74) is 1.94. The Kier molecular flexibility index (Phi) is 8.22. The highest BCUT2D eigenvalue weighted by atomic mass is 32.2. The van der Waals surface area contributed by atoms with Crippen LogP contribution in [0.5, 0.6) is 0 Å². The molecule has 1 aromatic carbocycles. The van der Waals surface area contributed by atoms with E-state index in [4.69, 9.17) is 9.72 Å². The molecule has 8 heteroatoms. The summed E-state index contributed by atoms with van der Waals surface area (Å²) in [6.07, 6.45) is 6.41. The minimum atomic E-state index is -0.0690. The third kappa shape index (κ3) is 5.86. The number of benzene rings is 1. The van der Waals surface area contributed by atoms with Gasteiger partial charge >= 0.3 is 0 Å². The summed E-state index contributed by atoms with van der Waals surface area (Å²) in [4.78, 5) is 33.2. The predicted octanol–water partition coefficient (Wildman–Crippen LogP) is 4.74. The standard InChI is InChI=1S/C25H31N3O3S2/c1-17(2)31-15-9-14-26-21(29)16-32-25-27-23-22(19-12-7-4-8-13-20(19)33-23)24(30)28(25)18-10-5-3-6-11-18/h3,5-6,10-11,17H,4,7-9,12-16H2,1-2H3,(H,26,29). The van der Waals surface area contributed by atoms with Gasteiger partial charge in [0, 0.05) is 18.0 Å². The summed E-state index contributed by atoms with van der Waals surface area (Å²) in [6.45, 7) is 5.19. The zero-order chi connectivity index (χ0) is 23.2. The number of hydrogen-bond acceptors (Lipinski definition) is 6. The molecular weight excluding hydrogens is 454 g/mol. The van der Waals surface area contributed by atoms with Crippen molar-refractivity contribution >= 4 is 39.2 Å². The van der Waals surface area contributed by atoms with Crippen LogP contribution in [0, 0.1) is 0 Å². The van der Waals surface area contributed by atoms with E-state index in [1.54, 1.807) is 15.9 Å². The van der Waals surface area contributed by atoms with Crippen LogP contribution in [-0.2, 0) is 22.4 Å². The van der Waals surface area contributed by atoms with Crippen LogP contribution in [0.15, 0.2) is 40.3 Å². The number of ether oxygens (including phenoxy) is 1. The second-order valence-electron chi connectivity index (χ2n) is 8.53. The molecule has 0 bridgehead atoms. The van der Waals surface area contributed by atoms with E-state index in [9.17, 15) is 9.59 Å². The third-order valence-corrected chi connectivity index (χ3v) is 7.77. The van der Waals surface area contributed by atoms with Crippen LogP contribution in [0.3, 0.4) is 0 Å². The molecule has 1 amide bonds. The van der Waals surface area contributed by atoms with Gasteiger partial charge in [0.05, 0.1) is 22.9 Å². The number of thioether (sulfide) groups is 1. The van der Waals surface area contributed by atoms with Gasteiger partial charge in [0.1, 0.15) is 4.83 Å². The molecule has 0 radical (unpaired) electrons. The fourth-order valence-corrected chi connectivity index (χ4v) is 6.21. The van der Waals surface area contributed by atoms with Gasteiger partial charge in [-0.1, -0.05) is 36.4 Å². The Hall–Kier alpha value is -2.16. The molecular formula is C25H31N3O3S2. The molecule has 0 fully saturated rings. The van der Waals surface area contributed by atoms with Crippen LogP contribution in [0.25, 0.3) is 15.9 Å². The van der Waals surface area contributed by atoms with Gasteiger partial charge in [0.15, 0.2) is 5.16 Å². The van der Waals surface area contributed by atoms with Crippen LogP contribution in [-0.4, -0.2) is 40.5 Å². The topological polar surface area (TPSA) is 73.2 Å². The second-order valence-corrected chi connectivity index (χ2v) is 10.6. The highest BCUT2D eigenvalue weighted by Gasteiger charge is 2.22. The molecule has 1 aliphatic carbocycles. The largest absolute Gasteiger partial charge is 0.379 e. The van der Waals surface area contributed by atoms with Gasteiger partial charge in [-0.05, 0) is 63.6 Å². The minimum absolute atomic E-state index is 0.0284. The highest BCUT2D eigenvalue weighted by Crippen LogP contribution is 2.34. The van der Waals surface area contributed by atoms with Crippen LogP contribution in [0.2, 0.25) is 0 Å². The number of fused-ring (bicyclic) bond motifs is 3. The monoisotopic (exact) mass is 485 g/mol. The number of para-hydroxylation sites is 1. The molecule has 0 unspecified atom stereocenters. The Bertz CT molecular complexity index is 1160. The maximum absolute atomic E-state index is 13.7. The van der Waals surface area contributed by atoms with Crippen molar-refractivity contribution in [2.24, 2.45) is 0 Å². The Labute approximate surface area is 202 Å². The zero-order valence-corrected chi connectivity index (χ0v) is 20.9. The fraction of sp³-hybridized carbons (Fsp3) is 0.480. The molecule has 1 aliphatic rings. The first-order valence-electron chi connectivity index (χ1n) is 11.7. The van der Waals surface area contributed by atoms with Gasteiger partial charge in [0.25, 0.3) is 5.56 Å². The van der Waals surface area contributed by atoms with Crippen molar-refractivity contribution in [3.8, 4) is 5.69 Å². The second kappa shape index (κ2) is 11.3. The number of carbonyl (C=O) groups is 1. The summed E-state index contributed by atoms with van der Waals surface area (Å²) >= 11 is 2.96. The average Bonchev–Trinajstić information content (AvgIpc) is 2.99. The van der Waals surface area contributed by atoms with Crippen LogP contribution in [0.1, 0.15) is 50.0 Å². The summed E-state index contributed by atoms with van der Waals surface area (Å²) in [7, 11) is 0. The van der Waals surface area contributed by atoms with E-state index in [2.05, 4.69) is 5.32 Å². The number of rotatable bonds is 9. The lowest BCUT2D eigenvalue weighted by Gasteiger charge is -2.13. The van der Waals surface area contributed by atoms with Gasteiger partial charge in [-0.2, -0.15) is 0 Å². The van der Waals surface area contributed by atoms with E-state index in [0.29, 0.717) is 18.3 Å². The van der Waals surface area contributed by atoms with Gasteiger partial charge < -0.3 is 10.1 Å². The van der Waals surface area contributed by atoms with E-state index in [1.165, 1.54) is 28.6 Å². The molecule has 0 spiro atoms. The van der Waals surface area contributed by atoms with E-state index in [-0.39, 0.29) is 23.3 Å². The highest BCUT2D eigenvalue weighted by molar-refractivity contribution is 7.99. The molecule has 2 aromatic heterocycles. The maximum atomic E-state index is 13.7. The molecule has 33 heavy (non-hydrogen) atoms. The van der Waals surface area contributed by atoms with E-state index in [0.717, 1.165) is 48.0 Å². The SMILES string of the molecule is CC(C)OCCCNC(=O)CSc1nc2sc3c(c2c(=O)n1-c1ccccc1)CCCCC3. The normalized spacial score (nSPS) is 13.8. The van der Waals surface area contributed by atoms with Crippen molar-refractivity contribution in [3.63, 3.8) is 0 Å². The summed E-state index contributed by atoms with van der Waals surface area (Å²) in [6, 6.07) is 9.60. The molecule has 0 saturated carbocycles. The van der Waals surface area contributed by atoms with Crippen molar-refractivity contribution in [1.82, 2.24) is 14.9 Å². The van der Waals surface area contributed by atoms with Crippen molar-refractivity contribution in [2.75, 3.05) is 18.9 Å². The molecule has 176 valence electrons. The number of nitrogens with zero attached hydrogens (tertiary/aromatic N) is 2. The molecule has 1 N–H and O–H groups in total. The first-order valence-corrected chi connectivity index (χ1v) is 13.5.